The van der Waals surface area contributed by atoms with Crippen LogP contribution < -0.4 is 5.56 Å². The second-order valence-electron chi connectivity index (χ2n) is 5.35. The highest BCUT2D eigenvalue weighted by molar-refractivity contribution is 7.90. The lowest BCUT2D eigenvalue weighted by atomic mass is 10.2. The van der Waals surface area contributed by atoms with E-state index in [1.807, 2.05) is 0 Å². The summed E-state index contributed by atoms with van der Waals surface area (Å²) in [5.41, 5.74) is 0.116. The van der Waals surface area contributed by atoms with E-state index < -0.39 is 21.2 Å². The molecule has 1 saturated carbocycles. The highest BCUT2D eigenvalue weighted by Crippen LogP contribution is 2.31. The largest absolute Gasteiger partial charge is 0.322 e. The summed E-state index contributed by atoms with van der Waals surface area (Å²) in [4.78, 5) is 14.4. The Bertz CT molecular complexity index is 822. The minimum Gasteiger partial charge on any atom is -0.322 e. The molecule has 0 saturated heterocycles. The van der Waals surface area contributed by atoms with Gasteiger partial charge in [0.15, 0.2) is 9.84 Å². The first-order valence-electron chi connectivity index (χ1n) is 6.45. The van der Waals surface area contributed by atoms with Gasteiger partial charge in [-0.1, -0.05) is 0 Å². The van der Waals surface area contributed by atoms with Crippen LogP contribution in [0.15, 0.2) is 29.1 Å². The number of nitrogens with one attached hydrogen (secondary N) is 1. The Morgan fingerprint density at radius 3 is 2.70 bits per heavy atom. The van der Waals surface area contributed by atoms with Crippen molar-refractivity contribution in [3.05, 3.63) is 46.0 Å². The molecule has 0 aliphatic heterocycles. The maximum Gasteiger partial charge on any atom is 0.252 e. The Morgan fingerprint density at radius 1 is 1.25 bits per heavy atom. The summed E-state index contributed by atoms with van der Waals surface area (Å²) in [6.45, 7) is 0. The van der Waals surface area contributed by atoms with Gasteiger partial charge in [-0.3, -0.25) is 4.79 Å². The fraction of sp³-hybridized carbons (Fsp3) is 0.357. The number of benzene rings is 1. The number of rotatable bonds is 4. The molecular weight excluding hydrogens is 281 g/mol. The van der Waals surface area contributed by atoms with Crippen LogP contribution in [0, 0.1) is 11.7 Å². The quantitative estimate of drug-likeness (QED) is 0.938. The zero-order valence-electron chi connectivity index (χ0n) is 10.7. The number of pyridine rings is 1. The van der Waals surface area contributed by atoms with Crippen LogP contribution in [0.3, 0.4) is 0 Å². The highest BCUT2D eigenvalue weighted by atomic mass is 32.2. The molecule has 1 N–H and O–H groups in total. The normalized spacial score (nSPS) is 15.7. The van der Waals surface area contributed by atoms with Crippen molar-refractivity contribution < 1.29 is 12.8 Å². The first-order chi connectivity index (χ1) is 9.43. The molecule has 1 aromatic heterocycles. The summed E-state index contributed by atoms with van der Waals surface area (Å²) in [5, 5.41) is 0.627. The van der Waals surface area contributed by atoms with E-state index in [1.54, 1.807) is 0 Å². The monoisotopic (exact) mass is 295 g/mol. The number of aromatic nitrogens is 1. The van der Waals surface area contributed by atoms with Crippen molar-refractivity contribution in [2.45, 2.75) is 18.6 Å². The number of fused-ring (bicyclic) bond motifs is 1. The molecule has 0 unspecified atom stereocenters. The molecule has 1 aromatic carbocycles. The molecule has 6 heteroatoms. The molecule has 0 spiro atoms. The van der Waals surface area contributed by atoms with Crippen molar-refractivity contribution >= 4 is 20.7 Å². The second kappa shape index (κ2) is 4.70. The number of sulfone groups is 1. The van der Waals surface area contributed by atoms with Crippen molar-refractivity contribution in [3.63, 3.8) is 0 Å². The van der Waals surface area contributed by atoms with E-state index in [0.29, 0.717) is 10.9 Å². The average Bonchev–Trinajstić information content (AvgIpc) is 3.13. The smallest absolute Gasteiger partial charge is 0.252 e. The summed E-state index contributed by atoms with van der Waals surface area (Å²) in [7, 11) is -3.26. The molecule has 3 rings (SSSR count). The average molecular weight is 295 g/mol. The molecule has 1 aliphatic carbocycles. The Balaban J connectivity index is 1.97. The van der Waals surface area contributed by atoms with Gasteiger partial charge in [0, 0.05) is 5.56 Å². The van der Waals surface area contributed by atoms with Crippen LogP contribution in [-0.2, 0) is 15.6 Å². The van der Waals surface area contributed by atoms with E-state index in [1.165, 1.54) is 24.3 Å². The molecule has 1 fully saturated rings. The zero-order valence-corrected chi connectivity index (χ0v) is 11.5. The molecule has 1 aliphatic rings. The fourth-order valence-corrected chi connectivity index (χ4v) is 4.12. The summed E-state index contributed by atoms with van der Waals surface area (Å²) < 4.78 is 37.0. The minimum absolute atomic E-state index is 0.147. The first-order valence-corrected chi connectivity index (χ1v) is 8.27. The predicted molar refractivity (Wildman–Crippen MR) is 74.7 cm³/mol. The van der Waals surface area contributed by atoms with Gasteiger partial charge in [0.2, 0.25) is 0 Å². The van der Waals surface area contributed by atoms with Crippen LogP contribution in [0.4, 0.5) is 4.39 Å². The standard InChI is InChI=1S/C14H14FNO3S/c15-12-4-3-10-5-11(14(17)16-13(10)6-12)8-20(18,19)7-9-1-2-9/h3-6,9H,1-2,7-8H2,(H,16,17). The lowest BCUT2D eigenvalue weighted by molar-refractivity contribution is 0.591. The van der Waals surface area contributed by atoms with Gasteiger partial charge in [-0.25, -0.2) is 12.8 Å². The van der Waals surface area contributed by atoms with Crippen molar-refractivity contribution in [2.75, 3.05) is 5.75 Å². The Labute approximate surface area is 115 Å². The third-order valence-corrected chi connectivity index (χ3v) is 5.18. The highest BCUT2D eigenvalue weighted by Gasteiger charge is 2.28. The molecule has 1 heterocycles. The molecule has 0 radical (unpaired) electrons. The third-order valence-electron chi connectivity index (χ3n) is 3.45. The van der Waals surface area contributed by atoms with Crippen molar-refractivity contribution in [1.82, 2.24) is 4.98 Å². The topological polar surface area (TPSA) is 67.0 Å². The van der Waals surface area contributed by atoms with Gasteiger partial charge < -0.3 is 4.98 Å². The van der Waals surface area contributed by atoms with Gasteiger partial charge in [0.25, 0.3) is 5.56 Å². The van der Waals surface area contributed by atoms with Crippen molar-refractivity contribution in [2.24, 2.45) is 5.92 Å². The van der Waals surface area contributed by atoms with E-state index in [2.05, 4.69) is 4.98 Å². The molecule has 2 aromatic rings. The van der Waals surface area contributed by atoms with Crippen LogP contribution in [0.5, 0.6) is 0 Å². The number of aromatic amines is 1. The summed E-state index contributed by atoms with van der Waals surface area (Å²) in [6, 6.07) is 5.55. The second-order valence-corrected chi connectivity index (χ2v) is 7.46. The SMILES string of the molecule is O=c1[nH]c2cc(F)ccc2cc1CS(=O)(=O)CC1CC1. The van der Waals surface area contributed by atoms with Crippen LogP contribution in [-0.4, -0.2) is 19.2 Å². The van der Waals surface area contributed by atoms with Crippen LogP contribution in [0.1, 0.15) is 18.4 Å². The third kappa shape index (κ3) is 2.90. The summed E-state index contributed by atoms with van der Waals surface area (Å²) >= 11 is 0. The Hall–Kier alpha value is -1.69. The molecule has 0 amide bonds. The Morgan fingerprint density at radius 2 is 2.00 bits per heavy atom. The van der Waals surface area contributed by atoms with Crippen LogP contribution in [0.25, 0.3) is 10.9 Å². The summed E-state index contributed by atoms with van der Waals surface area (Å²) in [6.07, 6.45) is 1.90. The molecule has 4 nitrogen and oxygen atoms in total. The number of H-pyrrole nitrogens is 1. The molecule has 0 bridgehead atoms. The van der Waals surface area contributed by atoms with Gasteiger partial charge in [-0.2, -0.15) is 0 Å². The van der Waals surface area contributed by atoms with Crippen molar-refractivity contribution in [3.8, 4) is 0 Å². The van der Waals surface area contributed by atoms with E-state index in [-0.39, 0.29) is 23.0 Å². The zero-order chi connectivity index (χ0) is 14.3. The summed E-state index contributed by atoms with van der Waals surface area (Å²) in [5.74, 6) is -0.295. The maximum atomic E-state index is 13.1. The van der Waals surface area contributed by atoms with E-state index in [0.717, 1.165) is 12.8 Å². The fourth-order valence-electron chi connectivity index (χ4n) is 2.27. The van der Waals surface area contributed by atoms with Crippen LogP contribution >= 0.6 is 0 Å². The van der Waals surface area contributed by atoms with Gasteiger partial charge >= 0.3 is 0 Å². The predicted octanol–water partition coefficient (Wildman–Crippen LogP) is 1.99. The van der Waals surface area contributed by atoms with E-state index in [4.69, 9.17) is 0 Å². The van der Waals surface area contributed by atoms with E-state index >= 15 is 0 Å². The van der Waals surface area contributed by atoms with Crippen LogP contribution in [0.2, 0.25) is 0 Å². The van der Waals surface area contributed by atoms with E-state index in [9.17, 15) is 17.6 Å². The van der Waals surface area contributed by atoms with Gasteiger partial charge in [-0.05, 0) is 48.4 Å². The van der Waals surface area contributed by atoms with Gasteiger partial charge in [-0.15, -0.1) is 0 Å². The van der Waals surface area contributed by atoms with Crippen molar-refractivity contribution in [1.29, 1.82) is 0 Å². The Kier molecular flexibility index (Phi) is 3.12. The molecule has 106 valence electrons. The molecular formula is C14H14FNO3S. The lowest BCUT2D eigenvalue weighted by Gasteiger charge is -2.05. The minimum atomic E-state index is -3.26. The molecule has 20 heavy (non-hydrogen) atoms. The van der Waals surface area contributed by atoms with Gasteiger partial charge in [0.05, 0.1) is 17.0 Å². The lowest BCUT2D eigenvalue weighted by Crippen LogP contribution is -2.19. The maximum absolute atomic E-state index is 13.1. The number of hydrogen-bond donors (Lipinski definition) is 1. The molecule has 0 atom stereocenters. The number of hydrogen-bond acceptors (Lipinski definition) is 3. The first kappa shape index (κ1) is 13.3. The number of halogens is 1. The van der Waals surface area contributed by atoms with Gasteiger partial charge in [0.1, 0.15) is 5.82 Å².